The summed E-state index contributed by atoms with van der Waals surface area (Å²) in [6, 6.07) is 8.10. The van der Waals surface area contributed by atoms with E-state index in [2.05, 4.69) is 11.0 Å². The highest BCUT2D eigenvalue weighted by Gasteiger charge is 2.24. The molecule has 0 atom stereocenters. The molecule has 0 saturated carbocycles. The summed E-state index contributed by atoms with van der Waals surface area (Å²) < 4.78 is 5.41. The molecule has 1 aliphatic rings. The Labute approximate surface area is 120 Å². The maximum absolute atomic E-state index is 11.7. The third kappa shape index (κ3) is 3.42. The van der Waals surface area contributed by atoms with Gasteiger partial charge in [0.15, 0.2) is 6.54 Å². The number of carbonyl (C=O) groups is 1. The molecule has 20 heavy (non-hydrogen) atoms. The molecule has 1 aliphatic heterocycles. The second kappa shape index (κ2) is 6.61. The third-order valence-electron chi connectivity index (χ3n) is 3.80. The minimum Gasteiger partial charge on any atom is -0.495 e. The van der Waals surface area contributed by atoms with Crippen molar-refractivity contribution in [2.45, 2.75) is 0 Å². The van der Waals surface area contributed by atoms with Crippen LogP contribution in [0.4, 0.5) is 5.69 Å². The molecule has 1 saturated heterocycles. The topological polar surface area (TPSA) is 37.2 Å². The average molecular weight is 278 g/mol. The molecule has 0 aliphatic carbocycles. The molecule has 5 heteroatoms. The molecule has 1 N–H and O–H groups in total. The van der Waals surface area contributed by atoms with Crippen molar-refractivity contribution < 1.29 is 14.4 Å². The second-order valence-corrected chi connectivity index (χ2v) is 5.37. The SMILES string of the molecule is COc1ccccc1N1CC[NH+](CC(=O)N(C)C)CC1. The molecule has 0 unspecified atom stereocenters. The first-order valence-electron chi connectivity index (χ1n) is 7.03. The lowest BCUT2D eigenvalue weighted by molar-refractivity contribution is -0.892. The maximum Gasteiger partial charge on any atom is 0.277 e. The van der Waals surface area contributed by atoms with E-state index >= 15 is 0 Å². The van der Waals surface area contributed by atoms with Gasteiger partial charge in [0.1, 0.15) is 5.75 Å². The fourth-order valence-electron chi connectivity index (χ4n) is 2.50. The van der Waals surface area contributed by atoms with Crippen molar-refractivity contribution in [2.75, 3.05) is 58.8 Å². The number of para-hydroxylation sites is 2. The van der Waals surface area contributed by atoms with Gasteiger partial charge in [-0.3, -0.25) is 4.79 Å². The number of amides is 1. The number of methoxy groups -OCH3 is 1. The van der Waals surface area contributed by atoms with Gasteiger partial charge in [-0.05, 0) is 12.1 Å². The summed E-state index contributed by atoms with van der Waals surface area (Å²) in [6.07, 6.45) is 0. The van der Waals surface area contributed by atoms with Gasteiger partial charge in [-0.25, -0.2) is 0 Å². The van der Waals surface area contributed by atoms with Crippen LogP contribution in [0.2, 0.25) is 0 Å². The zero-order chi connectivity index (χ0) is 14.5. The van der Waals surface area contributed by atoms with E-state index < -0.39 is 0 Å². The molecule has 1 aromatic rings. The second-order valence-electron chi connectivity index (χ2n) is 5.37. The first-order valence-corrected chi connectivity index (χ1v) is 7.03. The molecule has 1 amide bonds. The maximum atomic E-state index is 11.7. The average Bonchev–Trinajstić information content (AvgIpc) is 2.48. The number of nitrogens with one attached hydrogen (secondary N) is 1. The molecular formula is C15H24N3O2+. The Hall–Kier alpha value is -1.75. The zero-order valence-corrected chi connectivity index (χ0v) is 12.6. The van der Waals surface area contributed by atoms with Gasteiger partial charge in [0.2, 0.25) is 0 Å². The molecule has 1 aromatic carbocycles. The quantitative estimate of drug-likeness (QED) is 0.806. The number of carbonyl (C=O) groups excluding carboxylic acids is 1. The summed E-state index contributed by atoms with van der Waals surface area (Å²) in [4.78, 5) is 17.1. The van der Waals surface area contributed by atoms with Crippen LogP contribution in [-0.2, 0) is 4.79 Å². The van der Waals surface area contributed by atoms with Gasteiger partial charge >= 0.3 is 0 Å². The van der Waals surface area contributed by atoms with Crippen LogP contribution in [0.3, 0.4) is 0 Å². The molecule has 5 nitrogen and oxygen atoms in total. The van der Waals surface area contributed by atoms with Gasteiger partial charge in [-0.2, -0.15) is 0 Å². The van der Waals surface area contributed by atoms with Crippen LogP contribution >= 0.6 is 0 Å². The Morgan fingerprint density at radius 1 is 1.30 bits per heavy atom. The number of ether oxygens (including phenoxy) is 1. The molecule has 2 rings (SSSR count). The van der Waals surface area contributed by atoms with Crippen molar-refractivity contribution in [3.05, 3.63) is 24.3 Å². The fraction of sp³-hybridized carbons (Fsp3) is 0.533. The predicted octanol–water partition coefficient (Wildman–Crippen LogP) is -0.512. The van der Waals surface area contributed by atoms with Gasteiger partial charge in [0, 0.05) is 14.1 Å². The number of quaternary nitrogens is 1. The lowest BCUT2D eigenvalue weighted by Crippen LogP contribution is -3.15. The Kier molecular flexibility index (Phi) is 4.84. The van der Waals surface area contributed by atoms with Crippen molar-refractivity contribution in [2.24, 2.45) is 0 Å². The zero-order valence-electron chi connectivity index (χ0n) is 12.6. The summed E-state index contributed by atoms with van der Waals surface area (Å²) >= 11 is 0. The summed E-state index contributed by atoms with van der Waals surface area (Å²) in [5.41, 5.74) is 1.15. The van der Waals surface area contributed by atoms with Crippen LogP contribution in [0, 0.1) is 0 Å². The molecule has 1 heterocycles. The highest BCUT2D eigenvalue weighted by Crippen LogP contribution is 2.27. The molecule has 0 spiro atoms. The van der Waals surface area contributed by atoms with Crippen LogP contribution in [0.1, 0.15) is 0 Å². The first-order chi connectivity index (χ1) is 9.61. The van der Waals surface area contributed by atoms with E-state index in [9.17, 15) is 4.79 Å². The predicted molar refractivity (Wildman–Crippen MR) is 79.5 cm³/mol. The van der Waals surface area contributed by atoms with Gasteiger partial charge in [0.05, 0.1) is 39.0 Å². The van der Waals surface area contributed by atoms with Gasteiger partial charge in [-0.1, -0.05) is 12.1 Å². The summed E-state index contributed by atoms with van der Waals surface area (Å²) in [7, 11) is 5.33. The van der Waals surface area contributed by atoms with Crippen LogP contribution in [0.25, 0.3) is 0 Å². The van der Waals surface area contributed by atoms with Crippen LogP contribution < -0.4 is 14.5 Å². The standard InChI is InChI=1S/C15H23N3O2/c1-16(2)15(19)12-17-8-10-18(11-9-17)13-6-4-5-7-14(13)20-3/h4-7H,8-12H2,1-3H3/p+1. The number of benzene rings is 1. The van der Waals surface area contributed by atoms with Crippen LogP contribution in [-0.4, -0.2) is 64.7 Å². The number of rotatable bonds is 4. The van der Waals surface area contributed by atoms with E-state index in [1.165, 1.54) is 4.90 Å². The van der Waals surface area contributed by atoms with Crippen molar-refractivity contribution in [1.29, 1.82) is 0 Å². The van der Waals surface area contributed by atoms with E-state index in [1.54, 1.807) is 12.0 Å². The highest BCUT2D eigenvalue weighted by atomic mass is 16.5. The van der Waals surface area contributed by atoms with E-state index in [0.717, 1.165) is 37.6 Å². The molecule has 0 aromatic heterocycles. The van der Waals surface area contributed by atoms with Crippen LogP contribution in [0.5, 0.6) is 5.75 Å². The largest absolute Gasteiger partial charge is 0.495 e. The minimum atomic E-state index is 0.200. The molecule has 110 valence electrons. The van der Waals surface area contributed by atoms with Gasteiger partial charge in [0.25, 0.3) is 5.91 Å². The normalized spacial score (nSPS) is 16.1. The monoisotopic (exact) mass is 278 g/mol. The van der Waals surface area contributed by atoms with E-state index in [4.69, 9.17) is 4.74 Å². The van der Waals surface area contributed by atoms with E-state index in [1.807, 2.05) is 32.3 Å². The molecular weight excluding hydrogens is 254 g/mol. The number of hydrogen-bond donors (Lipinski definition) is 1. The molecule has 1 fully saturated rings. The van der Waals surface area contributed by atoms with E-state index in [-0.39, 0.29) is 5.91 Å². The fourth-order valence-corrected chi connectivity index (χ4v) is 2.50. The minimum absolute atomic E-state index is 0.200. The molecule has 0 bridgehead atoms. The van der Waals surface area contributed by atoms with Crippen molar-refractivity contribution >= 4 is 11.6 Å². The van der Waals surface area contributed by atoms with Crippen molar-refractivity contribution in [1.82, 2.24) is 4.90 Å². The number of hydrogen-bond acceptors (Lipinski definition) is 3. The van der Waals surface area contributed by atoms with Crippen LogP contribution in [0.15, 0.2) is 24.3 Å². The summed E-state index contributed by atoms with van der Waals surface area (Å²) in [6.45, 7) is 4.47. The highest BCUT2D eigenvalue weighted by molar-refractivity contribution is 5.76. The third-order valence-corrected chi connectivity index (χ3v) is 3.80. The lowest BCUT2D eigenvalue weighted by atomic mass is 10.2. The van der Waals surface area contributed by atoms with E-state index in [0.29, 0.717) is 6.54 Å². The number of likely N-dealkylation sites (N-methyl/N-ethyl adjacent to an activating group) is 1. The van der Waals surface area contributed by atoms with Gasteiger partial charge < -0.3 is 19.4 Å². The Bertz CT molecular complexity index is 454. The summed E-state index contributed by atoms with van der Waals surface area (Å²) in [5, 5.41) is 0. The number of piperazine rings is 1. The Balaban J connectivity index is 1.92. The smallest absolute Gasteiger partial charge is 0.277 e. The number of anilines is 1. The van der Waals surface area contributed by atoms with Gasteiger partial charge in [-0.15, -0.1) is 0 Å². The Morgan fingerprint density at radius 2 is 1.95 bits per heavy atom. The van der Waals surface area contributed by atoms with Crippen molar-refractivity contribution in [3.8, 4) is 5.75 Å². The molecule has 0 radical (unpaired) electrons. The first kappa shape index (κ1) is 14.7. The lowest BCUT2D eigenvalue weighted by Gasteiger charge is -2.34. The Morgan fingerprint density at radius 3 is 2.55 bits per heavy atom. The number of nitrogens with zero attached hydrogens (tertiary/aromatic N) is 2. The van der Waals surface area contributed by atoms with Crippen molar-refractivity contribution in [3.63, 3.8) is 0 Å². The summed E-state index contributed by atoms with van der Waals surface area (Å²) in [5.74, 6) is 1.12.